The number of nitrogens with zero attached hydrogens (tertiary/aromatic N) is 3. The molecule has 0 saturated carbocycles. The van der Waals surface area contributed by atoms with Crippen LogP contribution in [0.2, 0.25) is 0 Å². The molecule has 2 aromatic rings. The summed E-state index contributed by atoms with van der Waals surface area (Å²) in [5.74, 6) is 0.779. The number of carbonyl (C=O) groups is 2. The lowest BCUT2D eigenvalue weighted by Gasteiger charge is -2.21. The highest BCUT2D eigenvalue weighted by Crippen LogP contribution is 2.27. The van der Waals surface area contributed by atoms with Crippen LogP contribution in [0.5, 0.6) is 5.75 Å². The lowest BCUT2D eigenvalue weighted by atomic mass is 9.92. The van der Waals surface area contributed by atoms with Crippen LogP contribution >= 0.6 is 0 Å². The number of aromatic nitrogens is 2. The van der Waals surface area contributed by atoms with Gasteiger partial charge in [-0.3, -0.25) is 9.59 Å². The monoisotopic (exact) mass is 416 g/mol. The Labute approximate surface area is 178 Å². The molecule has 2 rings (SSSR count). The van der Waals surface area contributed by atoms with E-state index in [1.165, 1.54) is 12.0 Å². The highest BCUT2D eigenvalue weighted by Gasteiger charge is 2.23. The fourth-order valence-corrected chi connectivity index (χ4v) is 2.89. The van der Waals surface area contributed by atoms with Gasteiger partial charge in [-0.05, 0) is 30.7 Å². The molecule has 0 unspecified atom stereocenters. The zero-order valence-corrected chi connectivity index (χ0v) is 18.7. The lowest BCUT2D eigenvalue weighted by molar-refractivity contribution is -0.138. The quantitative estimate of drug-likeness (QED) is 0.679. The Hall–Kier alpha value is -2.87. The average Bonchev–Trinajstić information content (AvgIpc) is 3.12. The summed E-state index contributed by atoms with van der Waals surface area (Å²) in [6.45, 7) is 8.53. The molecule has 0 saturated heterocycles. The second-order valence-corrected chi connectivity index (χ2v) is 8.07. The van der Waals surface area contributed by atoms with E-state index in [0.29, 0.717) is 12.4 Å². The normalized spacial score (nSPS) is 11.3. The van der Waals surface area contributed by atoms with E-state index in [-0.39, 0.29) is 30.4 Å². The molecule has 8 nitrogen and oxygen atoms in total. The number of methoxy groups -OCH3 is 2. The number of ether oxygens (including phenoxy) is 2. The van der Waals surface area contributed by atoms with E-state index in [0.717, 1.165) is 23.6 Å². The van der Waals surface area contributed by atoms with E-state index in [4.69, 9.17) is 14.6 Å². The highest BCUT2D eigenvalue weighted by molar-refractivity contribution is 5.94. The van der Waals surface area contributed by atoms with Gasteiger partial charge in [-0.15, -0.1) is 0 Å². The van der Waals surface area contributed by atoms with E-state index in [9.17, 15) is 9.59 Å². The zero-order chi connectivity index (χ0) is 22.3. The second kappa shape index (κ2) is 10.2. The summed E-state index contributed by atoms with van der Waals surface area (Å²) in [6, 6.07) is 9.29. The number of hydrogen-bond acceptors (Lipinski definition) is 5. The lowest BCUT2D eigenvalue weighted by Crippen LogP contribution is -2.40. The minimum atomic E-state index is -0.289. The Balaban J connectivity index is 2.29. The maximum atomic E-state index is 12.7. The molecule has 0 aliphatic rings. The molecule has 8 heteroatoms. The molecule has 1 N–H and O–H groups in total. The smallest absolute Gasteiger partial charge is 0.249 e. The summed E-state index contributed by atoms with van der Waals surface area (Å²) in [4.78, 5) is 26.4. The van der Waals surface area contributed by atoms with Crippen LogP contribution in [0.25, 0.3) is 5.69 Å². The van der Waals surface area contributed by atoms with Gasteiger partial charge in [0.05, 0.1) is 25.0 Å². The molecule has 0 radical (unpaired) electrons. The number of hydrogen-bond donors (Lipinski definition) is 1. The number of carbonyl (C=O) groups excluding carboxylic acids is 2. The van der Waals surface area contributed by atoms with Gasteiger partial charge in [-0.2, -0.15) is 5.10 Å². The Morgan fingerprint density at radius 3 is 2.37 bits per heavy atom. The predicted molar refractivity (Wildman–Crippen MR) is 116 cm³/mol. The Morgan fingerprint density at radius 1 is 1.17 bits per heavy atom. The van der Waals surface area contributed by atoms with Gasteiger partial charge in [-0.1, -0.05) is 27.7 Å². The molecule has 0 aliphatic heterocycles. The number of amides is 2. The van der Waals surface area contributed by atoms with Gasteiger partial charge >= 0.3 is 0 Å². The van der Waals surface area contributed by atoms with Crippen molar-refractivity contribution in [2.75, 3.05) is 39.2 Å². The molecule has 0 fully saturated rings. The number of nitrogens with one attached hydrogen (secondary N) is 1. The maximum Gasteiger partial charge on any atom is 0.249 e. The van der Waals surface area contributed by atoms with Crippen molar-refractivity contribution in [3.63, 3.8) is 0 Å². The SMILES string of the molecule is CCCN(CC(=O)Nc1cc(C(C)(C)C)nn1-c1ccc(OC)cc1)C(=O)COC. The molecule has 1 aromatic heterocycles. The van der Waals surface area contributed by atoms with E-state index < -0.39 is 0 Å². The summed E-state index contributed by atoms with van der Waals surface area (Å²) >= 11 is 0. The highest BCUT2D eigenvalue weighted by atomic mass is 16.5. The summed E-state index contributed by atoms with van der Waals surface area (Å²) in [7, 11) is 3.07. The molecule has 0 aliphatic carbocycles. The van der Waals surface area contributed by atoms with Crippen molar-refractivity contribution in [1.82, 2.24) is 14.7 Å². The maximum absolute atomic E-state index is 12.7. The van der Waals surface area contributed by atoms with Crippen LogP contribution < -0.4 is 10.1 Å². The van der Waals surface area contributed by atoms with Crippen molar-refractivity contribution in [3.05, 3.63) is 36.0 Å². The topological polar surface area (TPSA) is 85.7 Å². The first-order valence-electron chi connectivity index (χ1n) is 10.0. The van der Waals surface area contributed by atoms with Gasteiger partial charge < -0.3 is 19.7 Å². The fourth-order valence-electron chi connectivity index (χ4n) is 2.89. The third kappa shape index (κ3) is 6.06. The van der Waals surface area contributed by atoms with Crippen molar-refractivity contribution in [2.45, 2.75) is 39.5 Å². The molecular formula is C22H32N4O4. The van der Waals surface area contributed by atoms with Crippen molar-refractivity contribution >= 4 is 17.6 Å². The average molecular weight is 417 g/mol. The van der Waals surface area contributed by atoms with Crippen molar-refractivity contribution in [2.24, 2.45) is 0 Å². The third-order valence-corrected chi connectivity index (χ3v) is 4.51. The first-order valence-corrected chi connectivity index (χ1v) is 10.0. The largest absolute Gasteiger partial charge is 0.497 e. The summed E-state index contributed by atoms with van der Waals surface area (Å²) < 4.78 is 11.8. The molecule has 0 bridgehead atoms. The summed E-state index contributed by atoms with van der Waals surface area (Å²) in [6.07, 6.45) is 0.751. The Kier molecular flexibility index (Phi) is 8.00. The molecule has 164 valence electrons. The van der Waals surface area contributed by atoms with Crippen LogP contribution in [0.4, 0.5) is 5.82 Å². The van der Waals surface area contributed by atoms with Crippen LogP contribution in [0.15, 0.2) is 30.3 Å². The van der Waals surface area contributed by atoms with Crippen LogP contribution in [-0.4, -0.2) is 60.4 Å². The van der Waals surface area contributed by atoms with Crippen LogP contribution in [0.3, 0.4) is 0 Å². The first-order chi connectivity index (χ1) is 14.2. The molecule has 0 spiro atoms. The van der Waals surface area contributed by atoms with Gasteiger partial charge in [0.2, 0.25) is 11.8 Å². The standard InChI is InChI=1S/C22H32N4O4/c1-7-12-25(21(28)15-29-5)14-20(27)23-19-13-18(22(2,3)4)24-26(19)16-8-10-17(30-6)11-9-16/h8-11,13H,7,12,14-15H2,1-6H3,(H,23,27). The van der Waals surface area contributed by atoms with Crippen molar-refractivity contribution in [3.8, 4) is 11.4 Å². The molecule has 0 atom stereocenters. The van der Waals surface area contributed by atoms with Gasteiger partial charge in [0.15, 0.2) is 0 Å². The number of benzene rings is 1. The molecule has 2 amide bonds. The molecule has 1 heterocycles. The van der Waals surface area contributed by atoms with Crippen LogP contribution in [-0.2, 0) is 19.7 Å². The Morgan fingerprint density at radius 2 is 1.83 bits per heavy atom. The minimum Gasteiger partial charge on any atom is -0.497 e. The molecule has 1 aromatic carbocycles. The second-order valence-electron chi connectivity index (χ2n) is 8.07. The van der Waals surface area contributed by atoms with Gasteiger partial charge in [0.1, 0.15) is 18.2 Å². The van der Waals surface area contributed by atoms with Crippen LogP contribution in [0, 0.1) is 0 Å². The van der Waals surface area contributed by atoms with Crippen LogP contribution in [0.1, 0.15) is 39.8 Å². The first kappa shape index (κ1) is 23.4. The fraction of sp³-hybridized carbons (Fsp3) is 0.500. The zero-order valence-electron chi connectivity index (χ0n) is 18.7. The third-order valence-electron chi connectivity index (χ3n) is 4.51. The number of anilines is 1. The number of rotatable bonds is 9. The van der Waals surface area contributed by atoms with E-state index >= 15 is 0 Å². The van der Waals surface area contributed by atoms with Gasteiger partial charge in [-0.25, -0.2) is 4.68 Å². The van der Waals surface area contributed by atoms with Gasteiger partial charge in [0.25, 0.3) is 0 Å². The summed E-state index contributed by atoms with van der Waals surface area (Å²) in [5.41, 5.74) is 1.44. The predicted octanol–water partition coefficient (Wildman–Crippen LogP) is 3.00. The van der Waals surface area contributed by atoms with Crippen molar-refractivity contribution in [1.29, 1.82) is 0 Å². The summed E-state index contributed by atoms with van der Waals surface area (Å²) in [5, 5.41) is 7.61. The van der Waals surface area contributed by atoms with E-state index in [1.54, 1.807) is 11.8 Å². The minimum absolute atomic E-state index is 0.0469. The van der Waals surface area contributed by atoms with E-state index in [2.05, 4.69) is 26.1 Å². The molecule has 30 heavy (non-hydrogen) atoms. The Bertz CT molecular complexity index is 853. The van der Waals surface area contributed by atoms with E-state index in [1.807, 2.05) is 37.3 Å². The molecular weight excluding hydrogens is 384 g/mol. The van der Waals surface area contributed by atoms with Gasteiger partial charge in [0, 0.05) is 25.1 Å². The van der Waals surface area contributed by atoms with Crippen molar-refractivity contribution < 1.29 is 19.1 Å².